The van der Waals surface area contributed by atoms with Crippen molar-refractivity contribution < 1.29 is 45.5 Å². The highest BCUT2D eigenvalue weighted by atomic mass is 31.2. The Morgan fingerprint density at radius 1 is 0.860 bits per heavy atom. The Morgan fingerprint density at radius 3 is 1.98 bits per heavy atom. The molecule has 7 heterocycles. The number of anilines is 2. The molecule has 228 valence electrons. The van der Waals surface area contributed by atoms with E-state index in [9.17, 15) is 9.13 Å². The molecule has 18 nitrogen and oxygen atoms in total. The number of fused-ring (bicyclic) bond motifs is 4. The minimum Gasteiger partial charge on any atom is -0.382 e. The summed E-state index contributed by atoms with van der Waals surface area (Å²) in [6.07, 6.45) is -7.19. The number of hydrogen-bond acceptors (Lipinski definition) is 16. The zero-order valence-electron chi connectivity index (χ0n) is 22.0. The summed E-state index contributed by atoms with van der Waals surface area (Å²) in [5.74, 6) is 0.149. The number of nitrogen functional groups attached to an aromatic ring is 2. The Kier molecular flexibility index (Phi) is 7.17. The van der Waals surface area contributed by atoms with Gasteiger partial charge in [0.05, 0.1) is 25.9 Å². The molecule has 0 aliphatic carbocycles. The fraction of sp³-hybridized carbons (Fsp3) is 0.500. The fourth-order valence-electron chi connectivity index (χ4n) is 5.24. The van der Waals surface area contributed by atoms with Crippen molar-refractivity contribution in [1.29, 1.82) is 0 Å². The van der Waals surface area contributed by atoms with Gasteiger partial charge in [0.25, 0.3) is 15.0 Å². The van der Waals surface area contributed by atoms with Crippen LogP contribution in [0.3, 0.4) is 0 Å². The van der Waals surface area contributed by atoms with Crippen molar-refractivity contribution in [2.45, 2.75) is 49.2 Å². The normalized spacial score (nSPS) is 37.1. The molecule has 1 unspecified atom stereocenters. The molecule has 43 heavy (non-hydrogen) atoms. The number of imidazole rings is 2. The molecule has 3 fully saturated rings. The molecule has 4 aromatic rings. The summed E-state index contributed by atoms with van der Waals surface area (Å²) in [6.45, 7) is -1.06. The van der Waals surface area contributed by atoms with Gasteiger partial charge in [-0.2, -0.15) is 0 Å². The Labute approximate surface area is 241 Å². The molecule has 0 radical (unpaired) electrons. The SMILES string of the molecule is B[P@@]1(=O)OC[C@H]2O[C@@H](n3cnc4c(N)ncnc43)[C@H](F)[C@@H]2O[PH](=O)OC[C@H]2O[C@@H](n3cnc4c(N)ncnc43)[C@H](F)[C@@H]2O1. The van der Waals surface area contributed by atoms with Crippen molar-refractivity contribution in [3.63, 3.8) is 0 Å². The predicted molar refractivity (Wildman–Crippen MR) is 144 cm³/mol. The van der Waals surface area contributed by atoms with Crippen LogP contribution in [0.5, 0.6) is 0 Å². The van der Waals surface area contributed by atoms with Crippen LogP contribution in [0.15, 0.2) is 25.3 Å². The van der Waals surface area contributed by atoms with E-state index in [1.54, 1.807) is 0 Å². The van der Waals surface area contributed by atoms with Crippen molar-refractivity contribution >= 4 is 57.3 Å². The third kappa shape index (κ3) is 4.99. The standard InChI is InChI=1S/C20H23BF2N10O8P2/c21-43(35)37-2-8-13(9(22)19(39-8)32-5-30-11-15(24)26-3-28-17(11)32)40-42(34)36-1-7-14(41-43)10(23)20(38-7)33-6-31-12-16(25)27-4-29-18(12)33/h3-10,13-14,19-20,42H,1-2,21H2,(H2,24,26,28)(H2,25,27,29)/t7-,8-,9-,10-,13-,14-,19-,20-,43-/m1/s1. The highest BCUT2D eigenvalue weighted by molar-refractivity contribution is 7.79. The molecule has 10 atom stereocenters. The first-order chi connectivity index (χ1) is 20.6. The van der Waals surface area contributed by atoms with Crippen LogP contribution in [-0.2, 0) is 36.7 Å². The number of nitrogens with zero attached hydrogens (tertiary/aromatic N) is 8. The zero-order valence-corrected chi connectivity index (χ0v) is 23.9. The van der Waals surface area contributed by atoms with Gasteiger partial charge in [-0.3, -0.25) is 18.3 Å². The number of hydrogen-bond donors (Lipinski definition) is 2. The predicted octanol–water partition coefficient (Wildman–Crippen LogP) is 0.250. The van der Waals surface area contributed by atoms with Gasteiger partial charge in [0.1, 0.15) is 48.1 Å². The topological polar surface area (TPSA) is 229 Å². The highest BCUT2D eigenvalue weighted by Crippen LogP contribution is 2.51. The monoisotopic (exact) mass is 642 g/mol. The number of alkyl halides is 2. The summed E-state index contributed by atoms with van der Waals surface area (Å²) < 4.78 is 94.3. The third-order valence-electron chi connectivity index (χ3n) is 7.24. The quantitative estimate of drug-likeness (QED) is 0.221. The van der Waals surface area contributed by atoms with Crippen molar-refractivity contribution in [3.8, 4) is 0 Å². The van der Waals surface area contributed by atoms with Crippen molar-refractivity contribution in [1.82, 2.24) is 39.0 Å². The van der Waals surface area contributed by atoms with Crippen molar-refractivity contribution in [3.05, 3.63) is 25.3 Å². The van der Waals surface area contributed by atoms with E-state index in [1.165, 1.54) is 34.4 Å². The number of nitrogens with two attached hydrogens (primary N) is 2. The van der Waals surface area contributed by atoms with Crippen LogP contribution in [0.2, 0.25) is 0 Å². The Hall–Kier alpha value is -3.16. The average molecular weight is 642 g/mol. The van der Waals surface area contributed by atoms with Crippen LogP contribution in [0, 0.1) is 0 Å². The van der Waals surface area contributed by atoms with E-state index in [0.29, 0.717) is 0 Å². The third-order valence-corrected chi connectivity index (χ3v) is 9.35. The van der Waals surface area contributed by atoms with E-state index in [4.69, 9.17) is 39.0 Å². The summed E-state index contributed by atoms with van der Waals surface area (Å²) in [4.78, 5) is 24.1. The second-order valence-electron chi connectivity index (χ2n) is 9.97. The van der Waals surface area contributed by atoms with Gasteiger partial charge in [-0.05, 0) is 0 Å². The molecule has 0 saturated carbocycles. The number of aromatic nitrogens is 8. The van der Waals surface area contributed by atoms with E-state index >= 15 is 8.78 Å². The maximum atomic E-state index is 15.9. The number of ether oxygens (including phenoxy) is 2. The summed E-state index contributed by atoms with van der Waals surface area (Å²) in [6, 6.07) is 0. The van der Waals surface area contributed by atoms with Crippen molar-refractivity contribution in [2.24, 2.45) is 0 Å². The largest absolute Gasteiger partial charge is 0.382 e. The first-order valence-electron chi connectivity index (χ1n) is 12.8. The molecule has 4 N–H and O–H groups in total. The van der Waals surface area contributed by atoms with E-state index in [0.717, 1.165) is 7.57 Å². The van der Waals surface area contributed by atoms with Gasteiger partial charge >= 0.3 is 8.25 Å². The van der Waals surface area contributed by atoms with Crippen LogP contribution >= 0.6 is 15.7 Å². The minimum absolute atomic E-state index is 0.0743. The van der Waals surface area contributed by atoms with Gasteiger partial charge in [-0.1, -0.05) is 0 Å². The van der Waals surface area contributed by atoms with Crippen LogP contribution < -0.4 is 11.5 Å². The first-order valence-corrected chi connectivity index (χ1v) is 16.0. The second-order valence-corrected chi connectivity index (χ2v) is 13.0. The molecule has 23 heteroatoms. The first kappa shape index (κ1) is 28.6. The average Bonchev–Trinajstić information content (AvgIpc) is 3.73. The van der Waals surface area contributed by atoms with Gasteiger partial charge in [0, 0.05) is 0 Å². The number of rotatable bonds is 2. The molecule has 3 aliphatic heterocycles. The fourth-order valence-corrected chi connectivity index (χ4v) is 7.28. The smallest absolute Gasteiger partial charge is 0.319 e. The minimum atomic E-state index is -4.04. The molecule has 0 spiro atoms. The molecule has 0 amide bonds. The van der Waals surface area contributed by atoms with E-state index in [-0.39, 0.29) is 34.0 Å². The van der Waals surface area contributed by atoms with Crippen LogP contribution in [-0.4, -0.2) is 96.6 Å². The Balaban J connectivity index is 1.14. The van der Waals surface area contributed by atoms with Crippen molar-refractivity contribution in [2.75, 3.05) is 24.7 Å². The molecular weight excluding hydrogens is 619 g/mol. The summed E-state index contributed by atoms with van der Waals surface area (Å²) in [5.41, 5.74) is 12.5. The van der Waals surface area contributed by atoms with Crippen LogP contribution in [0.25, 0.3) is 22.3 Å². The van der Waals surface area contributed by atoms with Gasteiger partial charge in [-0.25, -0.2) is 38.7 Å². The number of halogens is 2. The molecule has 4 aromatic heterocycles. The lowest BCUT2D eigenvalue weighted by atomic mass is 10.1. The Bertz CT molecular complexity index is 1770. The summed E-state index contributed by atoms with van der Waals surface area (Å²) >= 11 is 0. The molecule has 0 aromatic carbocycles. The molecular formula is C20H23BF2N10O8P2. The molecule has 0 bridgehead atoms. The van der Waals surface area contributed by atoms with Gasteiger partial charge in [-0.15, -0.1) is 0 Å². The van der Waals surface area contributed by atoms with Gasteiger partial charge < -0.3 is 39.0 Å². The second kappa shape index (κ2) is 10.8. The molecule has 7 rings (SSSR count). The van der Waals surface area contributed by atoms with E-state index in [1.807, 2.05) is 0 Å². The Morgan fingerprint density at radius 2 is 1.40 bits per heavy atom. The van der Waals surface area contributed by atoms with Crippen LogP contribution in [0.1, 0.15) is 12.5 Å². The lowest BCUT2D eigenvalue weighted by Gasteiger charge is -2.27. The summed E-state index contributed by atoms with van der Waals surface area (Å²) in [7, 11) is -6.34. The molecule has 3 saturated heterocycles. The maximum Gasteiger partial charge on any atom is 0.319 e. The van der Waals surface area contributed by atoms with E-state index in [2.05, 4.69) is 29.9 Å². The van der Waals surface area contributed by atoms with E-state index < -0.39 is 78.2 Å². The molecule has 3 aliphatic rings. The van der Waals surface area contributed by atoms with Gasteiger partial charge in [0.15, 0.2) is 47.7 Å². The zero-order chi connectivity index (χ0) is 30.0. The summed E-state index contributed by atoms with van der Waals surface area (Å²) in [5, 5.41) is 0. The lowest BCUT2D eigenvalue weighted by molar-refractivity contribution is -0.0541. The maximum absolute atomic E-state index is 15.9. The lowest BCUT2D eigenvalue weighted by Crippen LogP contribution is -2.36. The highest BCUT2D eigenvalue weighted by Gasteiger charge is 2.52. The van der Waals surface area contributed by atoms with Gasteiger partial charge in [0.2, 0.25) is 0 Å². The van der Waals surface area contributed by atoms with Crippen LogP contribution in [0.4, 0.5) is 20.4 Å².